The Balaban J connectivity index is 1.72. The molecule has 0 spiro atoms. The summed E-state index contributed by atoms with van der Waals surface area (Å²) in [5, 5.41) is 0. The molecule has 0 radical (unpaired) electrons. The second-order valence-electron chi connectivity index (χ2n) is 8.01. The van der Waals surface area contributed by atoms with E-state index in [2.05, 4.69) is 4.90 Å². The first-order valence-electron chi connectivity index (χ1n) is 10.4. The molecule has 31 heavy (non-hydrogen) atoms. The van der Waals surface area contributed by atoms with E-state index in [-0.39, 0.29) is 5.91 Å². The molecular formula is C23H31N3O4S. The van der Waals surface area contributed by atoms with Crippen molar-refractivity contribution in [2.45, 2.75) is 26.8 Å². The number of carbonyl (C=O) groups excluding carboxylic acids is 1. The number of rotatable bonds is 6. The number of ether oxygens (including phenoxy) is 1. The monoisotopic (exact) mass is 445 g/mol. The van der Waals surface area contributed by atoms with Crippen molar-refractivity contribution in [2.24, 2.45) is 0 Å². The molecule has 2 aromatic rings. The molecule has 2 aromatic carbocycles. The fraction of sp³-hybridized carbons (Fsp3) is 0.435. The molecule has 8 heteroatoms. The van der Waals surface area contributed by atoms with Crippen LogP contribution in [-0.4, -0.2) is 64.8 Å². The minimum absolute atomic E-state index is 0.182. The zero-order valence-corrected chi connectivity index (χ0v) is 19.6. The summed E-state index contributed by atoms with van der Waals surface area (Å²) in [6.07, 6.45) is 1.15. The highest BCUT2D eigenvalue weighted by Gasteiger charge is 2.33. The van der Waals surface area contributed by atoms with E-state index in [1.807, 2.05) is 50.2 Å². The zero-order chi connectivity index (χ0) is 22.8. The van der Waals surface area contributed by atoms with Crippen molar-refractivity contribution < 1.29 is 17.9 Å². The molecule has 1 atom stereocenters. The molecular weight excluding hydrogens is 414 g/mol. The molecule has 0 unspecified atom stereocenters. The van der Waals surface area contributed by atoms with Gasteiger partial charge < -0.3 is 14.5 Å². The first-order valence-corrected chi connectivity index (χ1v) is 12.2. The van der Waals surface area contributed by atoms with Crippen LogP contribution in [0.15, 0.2) is 42.5 Å². The van der Waals surface area contributed by atoms with Gasteiger partial charge in [0.25, 0.3) is 0 Å². The maximum atomic E-state index is 13.2. The molecule has 168 valence electrons. The third-order valence-corrected chi connectivity index (χ3v) is 7.08. The van der Waals surface area contributed by atoms with Gasteiger partial charge in [0, 0.05) is 31.9 Å². The summed E-state index contributed by atoms with van der Waals surface area (Å²) in [5.74, 6) is 0.622. The molecule has 1 aliphatic rings. The van der Waals surface area contributed by atoms with Crippen LogP contribution in [0.25, 0.3) is 0 Å². The molecule has 7 nitrogen and oxygen atoms in total. The number of piperazine rings is 1. The van der Waals surface area contributed by atoms with E-state index in [0.29, 0.717) is 31.9 Å². The van der Waals surface area contributed by atoms with Gasteiger partial charge in [-0.25, -0.2) is 8.42 Å². The Morgan fingerprint density at radius 1 is 1.00 bits per heavy atom. The number of nitrogens with zero attached hydrogens (tertiary/aromatic N) is 3. The number of aryl methyl sites for hydroxylation is 2. The van der Waals surface area contributed by atoms with Gasteiger partial charge in [-0.2, -0.15) is 0 Å². The van der Waals surface area contributed by atoms with E-state index in [0.717, 1.165) is 28.8 Å². The summed E-state index contributed by atoms with van der Waals surface area (Å²) in [6.45, 7) is 8.03. The molecule has 0 aromatic heterocycles. The molecule has 1 heterocycles. The number of anilines is 2. The van der Waals surface area contributed by atoms with Crippen LogP contribution >= 0.6 is 0 Å². The Labute approximate surface area is 185 Å². The highest BCUT2D eigenvalue weighted by atomic mass is 32.2. The van der Waals surface area contributed by atoms with Crippen LogP contribution in [0.5, 0.6) is 5.75 Å². The molecule has 1 fully saturated rings. The SMILES string of the molecule is COc1ccc(N2CCN(C(=O)[C@@H](C)N(c3ccc(C)c(C)c3)S(C)(=O)=O)CC2)cc1. The fourth-order valence-corrected chi connectivity index (χ4v) is 5.07. The van der Waals surface area contributed by atoms with Crippen molar-refractivity contribution in [3.8, 4) is 5.75 Å². The minimum Gasteiger partial charge on any atom is -0.497 e. The second-order valence-corrected chi connectivity index (χ2v) is 9.87. The highest BCUT2D eigenvalue weighted by Crippen LogP contribution is 2.25. The third-order valence-electron chi connectivity index (χ3n) is 5.84. The number of methoxy groups -OCH3 is 1. The lowest BCUT2D eigenvalue weighted by atomic mass is 10.1. The van der Waals surface area contributed by atoms with Crippen LogP contribution in [0.3, 0.4) is 0 Å². The Bertz CT molecular complexity index is 1030. The smallest absolute Gasteiger partial charge is 0.246 e. The number of amides is 1. The van der Waals surface area contributed by atoms with Crippen LogP contribution in [0, 0.1) is 13.8 Å². The summed E-state index contributed by atoms with van der Waals surface area (Å²) in [5.41, 5.74) is 3.65. The van der Waals surface area contributed by atoms with Crippen LogP contribution in [0.4, 0.5) is 11.4 Å². The van der Waals surface area contributed by atoms with Crippen LogP contribution < -0.4 is 13.9 Å². The van der Waals surface area contributed by atoms with Gasteiger partial charge in [0.1, 0.15) is 11.8 Å². The molecule has 1 saturated heterocycles. The maximum absolute atomic E-state index is 13.2. The first-order chi connectivity index (χ1) is 14.6. The summed E-state index contributed by atoms with van der Waals surface area (Å²) >= 11 is 0. The topological polar surface area (TPSA) is 70.2 Å². The predicted octanol–water partition coefficient (Wildman–Crippen LogP) is 2.82. The number of sulfonamides is 1. The Hall–Kier alpha value is -2.74. The summed E-state index contributed by atoms with van der Waals surface area (Å²) in [6, 6.07) is 12.5. The molecule has 0 N–H and O–H groups in total. The van der Waals surface area contributed by atoms with Gasteiger partial charge in [0.15, 0.2) is 0 Å². The van der Waals surface area contributed by atoms with E-state index in [4.69, 9.17) is 4.74 Å². The number of carbonyl (C=O) groups is 1. The Kier molecular flexibility index (Phi) is 6.79. The quantitative estimate of drug-likeness (QED) is 0.684. The molecule has 1 aliphatic heterocycles. The third kappa shape index (κ3) is 5.12. The second kappa shape index (κ2) is 9.18. The first kappa shape index (κ1) is 22.9. The lowest BCUT2D eigenvalue weighted by molar-refractivity contribution is -0.132. The minimum atomic E-state index is -3.63. The van der Waals surface area contributed by atoms with Crippen molar-refractivity contribution in [1.82, 2.24) is 4.90 Å². The number of hydrogen-bond donors (Lipinski definition) is 0. The van der Waals surface area contributed by atoms with Gasteiger partial charge in [-0.15, -0.1) is 0 Å². The van der Waals surface area contributed by atoms with Crippen LogP contribution in [0.2, 0.25) is 0 Å². The zero-order valence-electron chi connectivity index (χ0n) is 18.8. The molecule has 3 rings (SSSR count). The average Bonchev–Trinajstić information content (AvgIpc) is 2.75. The Morgan fingerprint density at radius 3 is 2.13 bits per heavy atom. The lowest BCUT2D eigenvalue weighted by Crippen LogP contribution is -2.55. The van der Waals surface area contributed by atoms with Crippen LogP contribution in [-0.2, 0) is 14.8 Å². The summed E-state index contributed by atoms with van der Waals surface area (Å²) in [7, 11) is -1.99. The number of hydrogen-bond acceptors (Lipinski definition) is 5. The largest absolute Gasteiger partial charge is 0.497 e. The van der Waals surface area contributed by atoms with Crippen molar-refractivity contribution in [3.63, 3.8) is 0 Å². The van der Waals surface area contributed by atoms with Crippen molar-refractivity contribution in [2.75, 3.05) is 48.7 Å². The number of benzene rings is 2. The van der Waals surface area contributed by atoms with Gasteiger partial charge in [0.05, 0.1) is 19.1 Å². The van der Waals surface area contributed by atoms with Crippen molar-refractivity contribution in [3.05, 3.63) is 53.6 Å². The summed E-state index contributed by atoms with van der Waals surface area (Å²) < 4.78 is 31.6. The standard InChI is InChI=1S/C23H31N3O4S/c1-17-6-7-21(16-18(17)2)26(31(5,28)29)19(3)23(27)25-14-12-24(13-15-25)20-8-10-22(30-4)11-9-20/h6-11,16,19H,12-15H2,1-5H3/t19-/m1/s1. The van der Waals surface area contributed by atoms with Crippen LogP contribution in [0.1, 0.15) is 18.1 Å². The van der Waals surface area contributed by atoms with Gasteiger partial charge in [-0.1, -0.05) is 6.07 Å². The van der Waals surface area contributed by atoms with Crippen molar-refractivity contribution >= 4 is 27.3 Å². The highest BCUT2D eigenvalue weighted by molar-refractivity contribution is 7.92. The Morgan fingerprint density at radius 2 is 1.61 bits per heavy atom. The van der Waals surface area contributed by atoms with Gasteiger partial charge in [-0.3, -0.25) is 9.10 Å². The van der Waals surface area contributed by atoms with Crippen molar-refractivity contribution in [1.29, 1.82) is 0 Å². The lowest BCUT2D eigenvalue weighted by Gasteiger charge is -2.39. The predicted molar refractivity (Wildman–Crippen MR) is 124 cm³/mol. The average molecular weight is 446 g/mol. The van der Waals surface area contributed by atoms with Gasteiger partial charge in [-0.05, 0) is 68.3 Å². The molecule has 0 bridgehead atoms. The molecule has 1 amide bonds. The normalized spacial score (nSPS) is 15.5. The van der Waals surface area contributed by atoms with E-state index in [1.165, 1.54) is 4.31 Å². The fourth-order valence-electron chi connectivity index (χ4n) is 3.91. The van der Waals surface area contributed by atoms with E-state index in [1.54, 1.807) is 25.0 Å². The molecule has 0 saturated carbocycles. The molecule has 0 aliphatic carbocycles. The van der Waals surface area contributed by atoms with E-state index < -0.39 is 16.1 Å². The van der Waals surface area contributed by atoms with E-state index >= 15 is 0 Å². The van der Waals surface area contributed by atoms with E-state index in [9.17, 15) is 13.2 Å². The maximum Gasteiger partial charge on any atom is 0.246 e. The summed E-state index contributed by atoms with van der Waals surface area (Å²) in [4.78, 5) is 17.2. The van der Waals surface area contributed by atoms with Gasteiger partial charge in [0.2, 0.25) is 15.9 Å². The van der Waals surface area contributed by atoms with Gasteiger partial charge >= 0.3 is 0 Å².